The van der Waals surface area contributed by atoms with E-state index in [1.54, 1.807) is 18.3 Å². The molecule has 0 spiro atoms. The van der Waals surface area contributed by atoms with Gasteiger partial charge in [-0.1, -0.05) is 11.6 Å². The predicted molar refractivity (Wildman–Crippen MR) is 99.4 cm³/mol. The van der Waals surface area contributed by atoms with E-state index in [-0.39, 0.29) is 5.91 Å². The molecule has 0 saturated carbocycles. The molecular formula is C18H21ClN4O2. The topological polar surface area (TPSA) is 66.5 Å². The van der Waals surface area contributed by atoms with Crippen molar-refractivity contribution in [1.82, 2.24) is 10.3 Å². The molecule has 7 heteroatoms. The van der Waals surface area contributed by atoms with Crippen LogP contribution in [0.2, 0.25) is 5.02 Å². The molecule has 1 aromatic carbocycles. The Morgan fingerprint density at radius 2 is 2.12 bits per heavy atom. The largest absolute Gasteiger partial charge is 0.487 e. The summed E-state index contributed by atoms with van der Waals surface area (Å²) in [6.07, 6.45) is 1.73. The number of nitrogens with zero attached hydrogens (tertiary/aromatic N) is 2. The van der Waals surface area contributed by atoms with Crippen molar-refractivity contribution in [1.29, 1.82) is 0 Å². The number of hydrogen-bond donors (Lipinski definition) is 2. The lowest BCUT2D eigenvalue weighted by atomic mass is 10.2. The minimum Gasteiger partial charge on any atom is -0.487 e. The number of carbonyl (C=O) groups excluding carboxylic acids is 1. The fraction of sp³-hybridized carbons (Fsp3) is 0.333. The molecule has 3 rings (SSSR count). The molecule has 132 valence electrons. The first kappa shape index (κ1) is 17.5. The van der Waals surface area contributed by atoms with Gasteiger partial charge in [0.15, 0.2) is 0 Å². The van der Waals surface area contributed by atoms with Crippen LogP contribution < -0.4 is 20.3 Å². The Labute approximate surface area is 152 Å². The zero-order chi connectivity index (χ0) is 17.6. The highest BCUT2D eigenvalue weighted by atomic mass is 35.5. The summed E-state index contributed by atoms with van der Waals surface area (Å²) in [5.41, 5.74) is 1.50. The lowest BCUT2D eigenvalue weighted by molar-refractivity contribution is -0.114. The van der Waals surface area contributed by atoms with Crippen LogP contribution in [0.4, 0.5) is 11.5 Å². The summed E-state index contributed by atoms with van der Waals surface area (Å²) in [6, 6.07) is 9.20. The minimum atomic E-state index is -0.123. The molecule has 0 unspecified atom stereocenters. The summed E-state index contributed by atoms with van der Waals surface area (Å²) < 4.78 is 5.78. The van der Waals surface area contributed by atoms with Gasteiger partial charge in [-0.05, 0) is 30.3 Å². The fourth-order valence-corrected chi connectivity index (χ4v) is 2.84. The number of rotatable bonds is 5. The van der Waals surface area contributed by atoms with E-state index >= 15 is 0 Å². The Bertz CT molecular complexity index is 730. The van der Waals surface area contributed by atoms with Crippen LogP contribution in [-0.4, -0.2) is 37.1 Å². The van der Waals surface area contributed by atoms with Crippen molar-refractivity contribution in [2.75, 3.05) is 36.4 Å². The monoisotopic (exact) mass is 360 g/mol. The second-order valence-electron chi connectivity index (χ2n) is 5.87. The Morgan fingerprint density at radius 1 is 1.32 bits per heavy atom. The number of nitrogens with one attached hydrogen (secondary N) is 2. The lowest BCUT2D eigenvalue weighted by Gasteiger charge is -2.28. The first-order chi connectivity index (χ1) is 12.1. The van der Waals surface area contributed by atoms with E-state index < -0.39 is 0 Å². The highest BCUT2D eigenvalue weighted by Gasteiger charge is 2.11. The standard InChI is InChI=1S/C18H21ClN4O2/c1-13(24)22-15-2-4-17(19)14(10-15)12-25-16-3-5-18(21-11-16)23-8-6-20-7-9-23/h2-5,10-11,20H,6-9,12H2,1H3,(H,22,24). The molecule has 0 radical (unpaired) electrons. The third kappa shape index (κ3) is 4.84. The molecule has 1 aromatic heterocycles. The molecule has 1 aliphatic rings. The van der Waals surface area contributed by atoms with Gasteiger partial charge in [-0.25, -0.2) is 4.98 Å². The fourth-order valence-electron chi connectivity index (χ4n) is 2.67. The van der Waals surface area contributed by atoms with Gasteiger partial charge in [0.05, 0.1) is 6.20 Å². The molecule has 1 saturated heterocycles. The highest BCUT2D eigenvalue weighted by molar-refractivity contribution is 6.31. The van der Waals surface area contributed by atoms with E-state index in [9.17, 15) is 4.79 Å². The smallest absolute Gasteiger partial charge is 0.221 e. The lowest BCUT2D eigenvalue weighted by Crippen LogP contribution is -2.43. The van der Waals surface area contributed by atoms with Gasteiger partial charge < -0.3 is 20.3 Å². The van der Waals surface area contributed by atoms with Crippen molar-refractivity contribution in [3.63, 3.8) is 0 Å². The summed E-state index contributed by atoms with van der Waals surface area (Å²) in [4.78, 5) is 17.9. The van der Waals surface area contributed by atoms with Crippen LogP contribution in [0.1, 0.15) is 12.5 Å². The Hall–Kier alpha value is -2.31. The predicted octanol–water partition coefficient (Wildman–Crippen LogP) is 2.68. The maximum atomic E-state index is 11.2. The minimum absolute atomic E-state index is 0.123. The quantitative estimate of drug-likeness (QED) is 0.858. The molecule has 2 heterocycles. The summed E-state index contributed by atoms with van der Waals surface area (Å²) in [7, 11) is 0. The molecule has 1 fully saturated rings. The van der Waals surface area contributed by atoms with Crippen molar-refractivity contribution >= 4 is 29.0 Å². The highest BCUT2D eigenvalue weighted by Crippen LogP contribution is 2.23. The normalized spacial score (nSPS) is 14.2. The Morgan fingerprint density at radius 3 is 2.80 bits per heavy atom. The van der Waals surface area contributed by atoms with E-state index in [4.69, 9.17) is 16.3 Å². The third-order valence-corrected chi connectivity index (χ3v) is 4.29. The van der Waals surface area contributed by atoms with Crippen molar-refractivity contribution in [3.8, 4) is 5.75 Å². The van der Waals surface area contributed by atoms with Gasteiger partial charge in [0, 0.05) is 49.4 Å². The number of pyridine rings is 1. The third-order valence-electron chi connectivity index (χ3n) is 3.92. The SMILES string of the molecule is CC(=O)Nc1ccc(Cl)c(COc2ccc(N3CCNCC3)nc2)c1. The maximum Gasteiger partial charge on any atom is 0.221 e. The van der Waals surface area contributed by atoms with Crippen molar-refractivity contribution < 1.29 is 9.53 Å². The molecule has 1 amide bonds. The molecule has 2 N–H and O–H groups in total. The average Bonchev–Trinajstić information content (AvgIpc) is 2.63. The van der Waals surface area contributed by atoms with Crippen LogP contribution in [0.5, 0.6) is 5.75 Å². The van der Waals surface area contributed by atoms with Crippen LogP contribution in [-0.2, 0) is 11.4 Å². The van der Waals surface area contributed by atoms with Crippen LogP contribution in [0.3, 0.4) is 0 Å². The van der Waals surface area contributed by atoms with Gasteiger partial charge in [-0.2, -0.15) is 0 Å². The molecule has 2 aromatic rings. The molecule has 0 bridgehead atoms. The average molecular weight is 361 g/mol. The van der Waals surface area contributed by atoms with Gasteiger partial charge in [0.1, 0.15) is 18.2 Å². The zero-order valence-electron chi connectivity index (χ0n) is 14.1. The van der Waals surface area contributed by atoms with Gasteiger partial charge in [0.25, 0.3) is 0 Å². The van der Waals surface area contributed by atoms with E-state index in [2.05, 4.69) is 20.5 Å². The van der Waals surface area contributed by atoms with E-state index in [1.807, 2.05) is 18.2 Å². The molecule has 1 aliphatic heterocycles. The molecule has 6 nitrogen and oxygen atoms in total. The summed E-state index contributed by atoms with van der Waals surface area (Å²) in [5, 5.41) is 6.66. The summed E-state index contributed by atoms with van der Waals surface area (Å²) in [5.74, 6) is 1.52. The second-order valence-corrected chi connectivity index (χ2v) is 6.27. The van der Waals surface area contributed by atoms with E-state index in [0.717, 1.165) is 37.6 Å². The first-order valence-electron chi connectivity index (χ1n) is 8.22. The van der Waals surface area contributed by atoms with Gasteiger partial charge in [-0.15, -0.1) is 0 Å². The number of aromatic nitrogens is 1. The number of benzene rings is 1. The Balaban J connectivity index is 1.62. The van der Waals surface area contributed by atoms with Crippen LogP contribution in [0, 0.1) is 0 Å². The number of amides is 1. The Kier molecular flexibility index (Phi) is 5.73. The second kappa shape index (κ2) is 8.18. The number of ether oxygens (including phenoxy) is 1. The molecule has 0 aliphatic carbocycles. The van der Waals surface area contributed by atoms with Gasteiger partial charge in [-0.3, -0.25) is 4.79 Å². The number of halogens is 1. The van der Waals surface area contributed by atoms with Crippen LogP contribution >= 0.6 is 11.6 Å². The van der Waals surface area contributed by atoms with Crippen molar-refractivity contribution in [2.45, 2.75) is 13.5 Å². The van der Waals surface area contributed by atoms with Crippen LogP contribution in [0.25, 0.3) is 0 Å². The van der Waals surface area contributed by atoms with E-state index in [0.29, 0.717) is 23.1 Å². The molecule has 0 atom stereocenters. The number of hydrogen-bond acceptors (Lipinski definition) is 5. The molecular weight excluding hydrogens is 340 g/mol. The summed E-state index contributed by atoms with van der Waals surface area (Å²) >= 11 is 6.20. The van der Waals surface area contributed by atoms with Crippen LogP contribution in [0.15, 0.2) is 36.5 Å². The van der Waals surface area contributed by atoms with Crippen molar-refractivity contribution in [3.05, 3.63) is 47.1 Å². The summed E-state index contributed by atoms with van der Waals surface area (Å²) in [6.45, 7) is 5.64. The molecule has 25 heavy (non-hydrogen) atoms. The van der Waals surface area contributed by atoms with Gasteiger partial charge >= 0.3 is 0 Å². The number of piperazine rings is 1. The zero-order valence-corrected chi connectivity index (χ0v) is 14.8. The van der Waals surface area contributed by atoms with Crippen molar-refractivity contribution in [2.24, 2.45) is 0 Å². The van der Waals surface area contributed by atoms with Gasteiger partial charge in [0.2, 0.25) is 5.91 Å². The van der Waals surface area contributed by atoms with E-state index in [1.165, 1.54) is 6.92 Å². The first-order valence-corrected chi connectivity index (χ1v) is 8.60. The maximum absolute atomic E-state index is 11.2. The number of carbonyl (C=O) groups is 1. The number of anilines is 2.